The number of nitrogens with one attached hydrogen (secondary N) is 1. The lowest BCUT2D eigenvalue weighted by Gasteiger charge is -2.15. The van der Waals surface area contributed by atoms with E-state index in [1.165, 1.54) is 5.56 Å². The van der Waals surface area contributed by atoms with Gasteiger partial charge in [-0.05, 0) is 37.4 Å². The van der Waals surface area contributed by atoms with E-state index in [4.69, 9.17) is 4.74 Å². The van der Waals surface area contributed by atoms with Gasteiger partial charge in [0.15, 0.2) is 0 Å². The molecule has 0 spiro atoms. The highest BCUT2D eigenvalue weighted by atomic mass is 32.1. The molecule has 0 bridgehead atoms. The summed E-state index contributed by atoms with van der Waals surface area (Å²) in [4.78, 5) is 12.9. The smallest absolute Gasteiger partial charge is 0.225 e. The van der Waals surface area contributed by atoms with E-state index in [9.17, 15) is 4.79 Å². The number of rotatable bonds is 6. The van der Waals surface area contributed by atoms with Crippen LogP contribution in [0.5, 0.6) is 5.75 Å². The van der Waals surface area contributed by atoms with Crippen molar-refractivity contribution in [1.82, 2.24) is 5.32 Å². The summed E-state index contributed by atoms with van der Waals surface area (Å²) >= 11 is 1.60. The Bertz CT molecular complexity index is 534. The van der Waals surface area contributed by atoms with Gasteiger partial charge in [-0.2, -0.15) is 0 Å². The van der Waals surface area contributed by atoms with Crippen LogP contribution in [0.3, 0.4) is 0 Å². The Kier molecular flexibility index (Phi) is 5.18. The highest BCUT2D eigenvalue weighted by Crippen LogP contribution is 2.12. The van der Waals surface area contributed by atoms with Gasteiger partial charge in [-0.15, -0.1) is 11.3 Å². The maximum Gasteiger partial charge on any atom is 0.225 e. The molecule has 0 saturated heterocycles. The lowest BCUT2D eigenvalue weighted by Crippen LogP contribution is -2.37. The first-order valence-corrected chi connectivity index (χ1v) is 7.52. The summed E-state index contributed by atoms with van der Waals surface area (Å²) in [5.41, 5.74) is 1.20. The van der Waals surface area contributed by atoms with Crippen molar-refractivity contribution in [2.75, 3.05) is 6.61 Å². The predicted molar refractivity (Wildman–Crippen MR) is 82.3 cm³/mol. The lowest BCUT2D eigenvalue weighted by atomic mass is 10.2. The SMILES string of the molecule is Cc1ccc(OC[C@H](C)NC(=O)Cc2cccs2)cc1. The zero-order chi connectivity index (χ0) is 14.4. The second-order valence-electron chi connectivity index (χ2n) is 4.85. The summed E-state index contributed by atoms with van der Waals surface area (Å²) in [5, 5.41) is 4.92. The average molecular weight is 289 g/mol. The summed E-state index contributed by atoms with van der Waals surface area (Å²) in [7, 11) is 0. The summed E-state index contributed by atoms with van der Waals surface area (Å²) < 4.78 is 5.65. The van der Waals surface area contributed by atoms with Crippen LogP contribution in [0.2, 0.25) is 0 Å². The molecule has 106 valence electrons. The topological polar surface area (TPSA) is 38.3 Å². The second-order valence-corrected chi connectivity index (χ2v) is 5.88. The van der Waals surface area contributed by atoms with Crippen LogP contribution in [0.1, 0.15) is 17.4 Å². The first-order valence-electron chi connectivity index (χ1n) is 6.64. The molecule has 1 aromatic heterocycles. The van der Waals surface area contributed by atoms with Crippen molar-refractivity contribution in [3.8, 4) is 5.75 Å². The zero-order valence-electron chi connectivity index (χ0n) is 11.8. The molecule has 0 aliphatic rings. The van der Waals surface area contributed by atoms with Crippen molar-refractivity contribution in [2.45, 2.75) is 26.3 Å². The number of hydrogen-bond donors (Lipinski definition) is 1. The van der Waals surface area contributed by atoms with Gasteiger partial charge in [0.05, 0.1) is 12.5 Å². The highest BCUT2D eigenvalue weighted by Gasteiger charge is 2.09. The van der Waals surface area contributed by atoms with E-state index in [-0.39, 0.29) is 11.9 Å². The van der Waals surface area contributed by atoms with Gasteiger partial charge in [0, 0.05) is 4.88 Å². The molecule has 0 saturated carbocycles. The van der Waals surface area contributed by atoms with E-state index < -0.39 is 0 Å². The van der Waals surface area contributed by atoms with E-state index >= 15 is 0 Å². The van der Waals surface area contributed by atoms with Crippen LogP contribution >= 0.6 is 11.3 Å². The lowest BCUT2D eigenvalue weighted by molar-refractivity contribution is -0.121. The van der Waals surface area contributed by atoms with Gasteiger partial charge >= 0.3 is 0 Å². The molecule has 2 aromatic rings. The van der Waals surface area contributed by atoms with Gasteiger partial charge in [0.1, 0.15) is 12.4 Å². The van der Waals surface area contributed by atoms with Crippen molar-refractivity contribution in [2.24, 2.45) is 0 Å². The van der Waals surface area contributed by atoms with E-state index in [2.05, 4.69) is 5.32 Å². The van der Waals surface area contributed by atoms with Gasteiger partial charge < -0.3 is 10.1 Å². The minimum atomic E-state index is -0.0104. The van der Waals surface area contributed by atoms with Crippen molar-refractivity contribution >= 4 is 17.2 Å². The largest absolute Gasteiger partial charge is 0.491 e. The van der Waals surface area contributed by atoms with Crippen LogP contribution in [0.15, 0.2) is 41.8 Å². The average Bonchev–Trinajstić information content (AvgIpc) is 2.90. The third kappa shape index (κ3) is 4.70. The van der Waals surface area contributed by atoms with Crippen LogP contribution in [0.4, 0.5) is 0 Å². The molecule has 0 aliphatic heterocycles. The molecule has 2 rings (SSSR count). The third-order valence-corrected chi connectivity index (χ3v) is 3.72. The third-order valence-electron chi connectivity index (χ3n) is 2.84. The summed E-state index contributed by atoms with van der Waals surface area (Å²) in [5.74, 6) is 0.863. The molecule has 0 aliphatic carbocycles. The molecule has 1 N–H and O–H groups in total. The van der Waals surface area contributed by atoms with Crippen molar-refractivity contribution in [3.05, 3.63) is 52.2 Å². The Morgan fingerprint density at radius 3 is 2.70 bits per heavy atom. The number of thiophene rings is 1. The Balaban J connectivity index is 1.73. The van der Waals surface area contributed by atoms with Crippen LogP contribution in [-0.2, 0) is 11.2 Å². The van der Waals surface area contributed by atoms with Crippen LogP contribution in [0, 0.1) is 6.92 Å². The van der Waals surface area contributed by atoms with Gasteiger partial charge in [-0.3, -0.25) is 4.79 Å². The zero-order valence-corrected chi connectivity index (χ0v) is 12.6. The quantitative estimate of drug-likeness (QED) is 0.887. The van der Waals surface area contributed by atoms with E-state index in [1.54, 1.807) is 11.3 Å². The van der Waals surface area contributed by atoms with Gasteiger partial charge in [0.25, 0.3) is 0 Å². The minimum Gasteiger partial charge on any atom is -0.491 e. The molecule has 0 unspecified atom stereocenters. The Morgan fingerprint density at radius 1 is 1.30 bits per heavy atom. The molecule has 4 heteroatoms. The molecular weight excluding hydrogens is 270 g/mol. The van der Waals surface area contributed by atoms with E-state index in [0.717, 1.165) is 10.6 Å². The van der Waals surface area contributed by atoms with Crippen LogP contribution in [0.25, 0.3) is 0 Å². The number of carbonyl (C=O) groups is 1. The molecular formula is C16H19NO2S. The summed E-state index contributed by atoms with van der Waals surface area (Å²) in [6, 6.07) is 11.8. The fraction of sp³-hybridized carbons (Fsp3) is 0.312. The molecule has 0 radical (unpaired) electrons. The summed E-state index contributed by atoms with van der Waals surface area (Å²) in [6.07, 6.45) is 0.437. The Labute approximate surface area is 123 Å². The predicted octanol–water partition coefficient (Wildman–Crippen LogP) is 3.18. The second kappa shape index (κ2) is 7.10. The molecule has 0 fully saturated rings. The molecule has 20 heavy (non-hydrogen) atoms. The Hall–Kier alpha value is -1.81. The summed E-state index contributed by atoms with van der Waals surface area (Å²) in [6.45, 7) is 4.46. The fourth-order valence-electron chi connectivity index (χ4n) is 1.79. The molecule has 3 nitrogen and oxygen atoms in total. The molecule has 1 aromatic carbocycles. The van der Waals surface area contributed by atoms with Gasteiger partial charge in [0.2, 0.25) is 5.91 Å². The monoisotopic (exact) mass is 289 g/mol. The number of hydrogen-bond acceptors (Lipinski definition) is 3. The molecule has 1 amide bonds. The molecule has 1 heterocycles. The minimum absolute atomic E-state index is 0.0104. The molecule has 1 atom stereocenters. The van der Waals surface area contributed by atoms with Gasteiger partial charge in [-0.1, -0.05) is 23.8 Å². The standard InChI is InChI=1S/C16H19NO2S/c1-12-5-7-14(8-6-12)19-11-13(2)17-16(18)10-15-4-3-9-20-15/h3-9,13H,10-11H2,1-2H3,(H,17,18)/t13-/m0/s1. The number of carbonyl (C=O) groups excluding carboxylic acids is 1. The number of aryl methyl sites for hydroxylation is 1. The van der Waals surface area contributed by atoms with E-state index in [1.807, 2.05) is 55.6 Å². The normalized spacial score (nSPS) is 11.9. The van der Waals surface area contributed by atoms with Crippen LogP contribution < -0.4 is 10.1 Å². The highest BCUT2D eigenvalue weighted by molar-refractivity contribution is 7.10. The first-order chi connectivity index (χ1) is 9.63. The number of ether oxygens (including phenoxy) is 1. The maximum absolute atomic E-state index is 11.8. The maximum atomic E-state index is 11.8. The van der Waals surface area contributed by atoms with E-state index in [0.29, 0.717) is 13.0 Å². The fourth-order valence-corrected chi connectivity index (χ4v) is 2.50. The van der Waals surface area contributed by atoms with Crippen molar-refractivity contribution in [1.29, 1.82) is 0 Å². The van der Waals surface area contributed by atoms with Crippen molar-refractivity contribution in [3.63, 3.8) is 0 Å². The number of benzene rings is 1. The van der Waals surface area contributed by atoms with Crippen LogP contribution in [-0.4, -0.2) is 18.6 Å². The van der Waals surface area contributed by atoms with Crippen molar-refractivity contribution < 1.29 is 9.53 Å². The van der Waals surface area contributed by atoms with Gasteiger partial charge in [-0.25, -0.2) is 0 Å². The number of amides is 1. The Morgan fingerprint density at radius 2 is 2.05 bits per heavy atom. The first kappa shape index (κ1) is 14.6.